The molecule has 0 aliphatic carbocycles. The van der Waals surface area contributed by atoms with Crippen molar-refractivity contribution in [2.24, 2.45) is 0 Å². The molecule has 0 saturated heterocycles. The van der Waals surface area contributed by atoms with Crippen LogP contribution in [0.5, 0.6) is 0 Å². The molecule has 0 radical (unpaired) electrons. The normalized spacial score (nSPS) is 18.9. The molecular formula is C16H16N2O4S. The number of sulfone groups is 1. The topological polar surface area (TPSA) is 89.3 Å². The first-order valence-corrected chi connectivity index (χ1v) is 8.80. The van der Waals surface area contributed by atoms with Gasteiger partial charge in [-0.05, 0) is 29.7 Å². The molecule has 0 aromatic heterocycles. The van der Waals surface area contributed by atoms with E-state index in [1.165, 1.54) is 12.1 Å². The molecule has 0 fully saturated rings. The van der Waals surface area contributed by atoms with E-state index < -0.39 is 26.2 Å². The van der Waals surface area contributed by atoms with Gasteiger partial charge in [-0.1, -0.05) is 42.5 Å². The highest BCUT2D eigenvalue weighted by Crippen LogP contribution is 2.31. The second kappa shape index (κ2) is 6.10. The first-order chi connectivity index (χ1) is 11.0. The van der Waals surface area contributed by atoms with Crippen LogP contribution in [0.1, 0.15) is 17.2 Å². The van der Waals surface area contributed by atoms with Crippen molar-refractivity contribution in [3.05, 3.63) is 75.8 Å². The lowest BCUT2D eigenvalue weighted by Gasteiger charge is -2.28. The van der Waals surface area contributed by atoms with Crippen molar-refractivity contribution in [1.29, 1.82) is 0 Å². The molecule has 0 saturated carbocycles. The highest BCUT2D eigenvalue weighted by atomic mass is 32.2. The Kier molecular flexibility index (Phi) is 4.14. The summed E-state index contributed by atoms with van der Waals surface area (Å²) in [4.78, 5) is 10.9. The molecule has 3 rings (SSSR count). The lowest BCUT2D eigenvalue weighted by Crippen LogP contribution is -2.45. The second-order valence-electron chi connectivity index (χ2n) is 5.41. The van der Waals surface area contributed by atoms with E-state index in [0.717, 1.165) is 12.0 Å². The standard InChI is InChI=1S/C16H16N2O4S/c19-18(20)16(23(21,22)13-7-2-1-3-8-13)15-14-9-5-4-6-12(14)10-11-17-15/h1-9,15-17H,10-11H2/t15-,16+/m1/s1. The molecule has 6 nitrogen and oxygen atoms in total. The van der Waals surface area contributed by atoms with Gasteiger partial charge in [0.25, 0.3) is 0 Å². The smallest absolute Gasteiger partial charge is 0.303 e. The van der Waals surface area contributed by atoms with Gasteiger partial charge in [0.2, 0.25) is 9.84 Å². The summed E-state index contributed by atoms with van der Waals surface area (Å²) < 4.78 is 25.6. The minimum absolute atomic E-state index is 0.0356. The molecule has 0 amide bonds. The van der Waals surface area contributed by atoms with Gasteiger partial charge in [0.05, 0.1) is 4.90 Å². The van der Waals surface area contributed by atoms with Crippen LogP contribution in [0.3, 0.4) is 0 Å². The molecule has 1 aliphatic rings. The van der Waals surface area contributed by atoms with Crippen LogP contribution in [0.25, 0.3) is 0 Å². The van der Waals surface area contributed by atoms with Gasteiger partial charge in [-0.15, -0.1) is 0 Å². The molecule has 2 atom stereocenters. The zero-order chi connectivity index (χ0) is 16.4. The molecule has 2 aromatic carbocycles. The summed E-state index contributed by atoms with van der Waals surface area (Å²) in [6, 6.07) is 14.0. The summed E-state index contributed by atoms with van der Waals surface area (Å²) in [6.07, 6.45) is 0.725. The van der Waals surface area contributed by atoms with Crippen LogP contribution in [0.2, 0.25) is 0 Å². The van der Waals surface area contributed by atoms with Gasteiger partial charge >= 0.3 is 5.37 Å². The number of nitrogens with zero attached hydrogens (tertiary/aromatic N) is 1. The fraction of sp³-hybridized carbons (Fsp3) is 0.250. The Morgan fingerprint density at radius 3 is 2.43 bits per heavy atom. The van der Waals surface area contributed by atoms with E-state index in [4.69, 9.17) is 0 Å². The summed E-state index contributed by atoms with van der Waals surface area (Å²) in [5.41, 5.74) is 1.63. The largest absolute Gasteiger partial charge is 0.333 e. The first kappa shape index (κ1) is 15.6. The van der Waals surface area contributed by atoms with Crippen molar-refractivity contribution in [3.63, 3.8) is 0 Å². The number of fused-ring (bicyclic) bond motifs is 1. The van der Waals surface area contributed by atoms with E-state index in [1.54, 1.807) is 30.3 Å². The van der Waals surface area contributed by atoms with Gasteiger partial charge in [0.1, 0.15) is 6.04 Å². The van der Waals surface area contributed by atoms with Crippen molar-refractivity contribution in [1.82, 2.24) is 5.32 Å². The zero-order valence-electron chi connectivity index (χ0n) is 12.3. The van der Waals surface area contributed by atoms with Crippen LogP contribution in [-0.2, 0) is 16.3 Å². The summed E-state index contributed by atoms with van der Waals surface area (Å²) >= 11 is 0. The highest BCUT2D eigenvalue weighted by molar-refractivity contribution is 7.91. The van der Waals surface area contributed by atoms with Gasteiger partial charge in [-0.3, -0.25) is 10.1 Å². The molecule has 1 N–H and O–H groups in total. The number of hydrogen-bond donors (Lipinski definition) is 1. The molecular weight excluding hydrogens is 316 g/mol. The fourth-order valence-corrected chi connectivity index (χ4v) is 4.60. The monoisotopic (exact) mass is 332 g/mol. The van der Waals surface area contributed by atoms with Crippen molar-refractivity contribution in [2.45, 2.75) is 22.7 Å². The average molecular weight is 332 g/mol. The second-order valence-corrected chi connectivity index (χ2v) is 7.46. The molecule has 1 heterocycles. The Labute approximate surface area is 134 Å². The molecule has 2 aromatic rings. The van der Waals surface area contributed by atoms with E-state index in [2.05, 4.69) is 5.32 Å². The molecule has 23 heavy (non-hydrogen) atoms. The molecule has 0 unspecified atom stereocenters. The lowest BCUT2D eigenvalue weighted by atomic mass is 9.94. The van der Waals surface area contributed by atoms with Crippen LogP contribution in [0.15, 0.2) is 59.5 Å². The van der Waals surface area contributed by atoms with Crippen LogP contribution in [-0.4, -0.2) is 25.3 Å². The molecule has 0 spiro atoms. The number of hydrogen-bond acceptors (Lipinski definition) is 5. The Bertz CT molecular complexity index is 821. The van der Waals surface area contributed by atoms with Gasteiger partial charge in [-0.25, -0.2) is 8.42 Å². The quantitative estimate of drug-likeness (QED) is 0.683. The van der Waals surface area contributed by atoms with Crippen LogP contribution in [0.4, 0.5) is 0 Å². The highest BCUT2D eigenvalue weighted by Gasteiger charge is 2.46. The molecule has 0 bridgehead atoms. The Morgan fingerprint density at radius 1 is 1.09 bits per heavy atom. The van der Waals surface area contributed by atoms with Gasteiger partial charge in [0, 0.05) is 11.5 Å². The van der Waals surface area contributed by atoms with E-state index in [-0.39, 0.29) is 4.90 Å². The average Bonchev–Trinajstić information content (AvgIpc) is 2.55. The summed E-state index contributed by atoms with van der Waals surface area (Å²) in [6.45, 7) is 0.510. The number of rotatable bonds is 4. The SMILES string of the molecule is O=[N+]([O-])[C@H]([C@@H]1NCCc2ccccc21)S(=O)(=O)c1ccccc1. The molecule has 7 heteroatoms. The van der Waals surface area contributed by atoms with E-state index in [9.17, 15) is 18.5 Å². The summed E-state index contributed by atoms with van der Waals surface area (Å²) in [5, 5.41) is 12.9. The third kappa shape index (κ3) is 2.85. The van der Waals surface area contributed by atoms with E-state index in [1.807, 2.05) is 12.1 Å². The third-order valence-electron chi connectivity index (χ3n) is 4.03. The van der Waals surface area contributed by atoms with Crippen molar-refractivity contribution >= 4 is 9.84 Å². The number of nitrogens with one attached hydrogen (secondary N) is 1. The van der Waals surface area contributed by atoms with Gasteiger partial charge in [-0.2, -0.15) is 0 Å². The predicted octanol–water partition coefficient (Wildman–Crippen LogP) is 1.95. The molecule has 120 valence electrons. The lowest BCUT2D eigenvalue weighted by molar-refractivity contribution is -0.502. The fourth-order valence-electron chi connectivity index (χ4n) is 2.96. The van der Waals surface area contributed by atoms with Gasteiger partial charge < -0.3 is 5.32 Å². The molecule has 1 aliphatic heterocycles. The first-order valence-electron chi connectivity index (χ1n) is 7.25. The summed E-state index contributed by atoms with van der Waals surface area (Å²) in [7, 11) is -4.10. The summed E-state index contributed by atoms with van der Waals surface area (Å²) in [5.74, 6) is 0. The number of nitro groups is 1. The third-order valence-corrected chi connectivity index (χ3v) is 6.04. The van der Waals surface area contributed by atoms with E-state index in [0.29, 0.717) is 12.1 Å². The Balaban J connectivity index is 2.10. The Hall–Kier alpha value is -2.25. The van der Waals surface area contributed by atoms with E-state index >= 15 is 0 Å². The zero-order valence-corrected chi connectivity index (χ0v) is 13.1. The van der Waals surface area contributed by atoms with Crippen LogP contribution >= 0.6 is 0 Å². The maximum absolute atomic E-state index is 12.8. The van der Waals surface area contributed by atoms with Crippen molar-refractivity contribution in [2.75, 3.05) is 6.54 Å². The van der Waals surface area contributed by atoms with Crippen molar-refractivity contribution in [3.8, 4) is 0 Å². The van der Waals surface area contributed by atoms with Crippen molar-refractivity contribution < 1.29 is 13.3 Å². The van der Waals surface area contributed by atoms with Crippen LogP contribution in [0, 0.1) is 10.1 Å². The van der Waals surface area contributed by atoms with Gasteiger partial charge in [0.15, 0.2) is 0 Å². The minimum Gasteiger partial charge on any atom is -0.303 e. The maximum Gasteiger partial charge on any atom is 0.333 e. The minimum atomic E-state index is -4.10. The number of benzene rings is 2. The maximum atomic E-state index is 12.8. The Morgan fingerprint density at radius 2 is 1.74 bits per heavy atom. The predicted molar refractivity (Wildman–Crippen MR) is 85.3 cm³/mol. The van der Waals surface area contributed by atoms with Crippen LogP contribution < -0.4 is 5.32 Å².